The molecular weight excluding hydrogens is 183 g/mol. The summed E-state index contributed by atoms with van der Waals surface area (Å²) < 4.78 is 17.2. The minimum absolute atomic E-state index is 0.0718. The Hall–Kier alpha value is -1.92. The maximum absolute atomic E-state index is 12.7. The van der Waals surface area contributed by atoms with Crippen LogP contribution in [0.5, 0.6) is 5.88 Å². The van der Waals surface area contributed by atoms with Crippen LogP contribution in [0.25, 0.3) is 0 Å². The van der Waals surface area contributed by atoms with E-state index < -0.39 is 16.4 Å². The lowest BCUT2D eigenvalue weighted by Gasteiger charge is -2.01. The van der Waals surface area contributed by atoms with Crippen molar-refractivity contribution in [3.63, 3.8) is 0 Å². The van der Waals surface area contributed by atoms with Gasteiger partial charge in [0.15, 0.2) is 0 Å². The minimum Gasteiger partial charge on any atom is -0.616 e. The second-order valence-corrected chi connectivity index (χ2v) is 2.13. The lowest BCUT2D eigenvalue weighted by atomic mass is 10.4. The lowest BCUT2D eigenvalue weighted by molar-refractivity contribution is -0.614. The Kier molecular flexibility index (Phi) is 2.27. The van der Waals surface area contributed by atoms with Crippen LogP contribution in [-0.4, -0.2) is 12.0 Å². The van der Waals surface area contributed by atoms with Crippen molar-refractivity contribution in [3.8, 4) is 5.88 Å². The molecule has 0 saturated carbocycles. The van der Waals surface area contributed by atoms with Crippen molar-refractivity contribution in [2.24, 2.45) is 0 Å². The van der Waals surface area contributed by atoms with Crippen molar-refractivity contribution in [2.75, 3.05) is 7.11 Å². The summed E-state index contributed by atoms with van der Waals surface area (Å²) in [6.45, 7) is 0. The molecule has 0 aliphatic rings. The van der Waals surface area contributed by atoms with E-state index in [1.807, 2.05) is 0 Å². The SMILES string of the molecule is COc1cc([N+](=O)[O-])c(F)c[n+]1[O-]. The Morgan fingerprint density at radius 3 is 2.77 bits per heavy atom. The normalized spacial score (nSPS) is 9.69. The molecule has 0 aliphatic carbocycles. The van der Waals surface area contributed by atoms with E-state index in [0.717, 1.165) is 13.2 Å². The van der Waals surface area contributed by atoms with Crippen LogP contribution in [0.15, 0.2) is 12.3 Å². The zero-order chi connectivity index (χ0) is 10.0. The number of hydrogen-bond acceptors (Lipinski definition) is 4. The Bertz CT molecular complexity index is 355. The number of nitro groups is 1. The highest BCUT2D eigenvalue weighted by Crippen LogP contribution is 2.18. The van der Waals surface area contributed by atoms with Gasteiger partial charge in [0.2, 0.25) is 6.20 Å². The largest absolute Gasteiger partial charge is 0.616 e. The van der Waals surface area contributed by atoms with Gasteiger partial charge in [-0.3, -0.25) is 10.1 Å². The first-order valence-corrected chi connectivity index (χ1v) is 3.17. The molecule has 13 heavy (non-hydrogen) atoms. The van der Waals surface area contributed by atoms with Crippen LogP contribution in [0, 0.1) is 21.1 Å². The fourth-order valence-electron chi connectivity index (χ4n) is 0.771. The van der Waals surface area contributed by atoms with Gasteiger partial charge in [-0.1, -0.05) is 0 Å². The number of nitrogens with zero attached hydrogens (tertiary/aromatic N) is 2. The molecule has 1 aromatic rings. The molecule has 1 aromatic heterocycles. The Labute approximate surface area is 71.9 Å². The van der Waals surface area contributed by atoms with E-state index in [2.05, 4.69) is 4.74 Å². The predicted octanol–water partition coefficient (Wildman–Crippen LogP) is 0.376. The third-order valence-corrected chi connectivity index (χ3v) is 1.36. The van der Waals surface area contributed by atoms with E-state index in [1.165, 1.54) is 0 Å². The Morgan fingerprint density at radius 2 is 2.31 bits per heavy atom. The van der Waals surface area contributed by atoms with Gasteiger partial charge in [-0.2, -0.15) is 4.39 Å². The summed E-state index contributed by atoms with van der Waals surface area (Å²) in [6, 6.07) is 0.725. The smallest absolute Gasteiger partial charge is 0.386 e. The lowest BCUT2D eigenvalue weighted by Crippen LogP contribution is -2.28. The van der Waals surface area contributed by atoms with Gasteiger partial charge in [0.1, 0.15) is 6.07 Å². The molecule has 0 N–H and O–H groups in total. The van der Waals surface area contributed by atoms with Crippen molar-refractivity contribution in [3.05, 3.63) is 33.4 Å². The van der Waals surface area contributed by atoms with Gasteiger partial charge in [0.05, 0.1) is 12.0 Å². The molecule has 0 fully saturated rings. The molecule has 0 aliphatic heterocycles. The predicted molar refractivity (Wildman–Crippen MR) is 38.6 cm³/mol. The number of halogens is 1. The van der Waals surface area contributed by atoms with E-state index >= 15 is 0 Å². The molecule has 6 nitrogen and oxygen atoms in total. The molecule has 0 bridgehead atoms. The molecule has 0 unspecified atom stereocenters. The third kappa shape index (κ3) is 1.63. The molecule has 0 amide bonds. The molecule has 0 spiro atoms. The van der Waals surface area contributed by atoms with Gasteiger partial charge in [0, 0.05) is 0 Å². The first-order valence-electron chi connectivity index (χ1n) is 3.17. The molecule has 0 radical (unpaired) electrons. The number of ether oxygens (including phenoxy) is 1. The monoisotopic (exact) mass is 188 g/mol. The summed E-state index contributed by atoms with van der Waals surface area (Å²) >= 11 is 0. The molecule has 0 aromatic carbocycles. The average Bonchev–Trinajstić information content (AvgIpc) is 2.03. The molecule has 1 heterocycles. The summed E-state index contributed by atoms with van der Waals surface area (Å²) in [7, 11) is 1.16. The molecule has 70 valence electrons. The molecule has 1 rings (SSSR count). The number of rotatable bonds is 2. The zero-order valence-electron chi connectivity index (χ0n) is 6.56. The van der Waals surface area contributed by atoms with E-state index in [4.69, 9.17) is 0 Å². The van der Waals surface area contributed by atoms with E-state index in [-0.39, 0.29) is 10.6 Å². The summed E-state index contributed by atoms with van der Waals surface area (Å²) in [5.41, 5.74) is -0.788. The van der Waals surface area contributed by atoms with Crippen molar-refractivity contribution >= 4 is 5.69 Å². The van der Waals surface area contributed by atoms with Crippen LogP contribution in [0.3, 0.4) is 0 Å². The highest BCUT2D eigenvalue weighted by Gasteiger charge is 2.21. The molecule has 0 saturated heterocycles. The van der Waals surface area contributed by atoms with Crippen LogP contribution < -0.4 is 9.47 Å². The van der Waals surface area contributed by atoms with Crippen LogP contribution in [0.2, 0.25) is 0 Å². The second kappa shape index (κ2) is 3.21. The van der Waals surface area contributed by atoms with Crippen molar-refractivity contribution < 1.29 is 18.8 Å². The van der Waals surface area contributed by atoms with E-state index in [9.17, 15) is 19.7 Å². The summed E-state index contributed by atoms with van der Waals surface area (Å²) in [5, 5.41) is 21.0. The fourth-order valence-corrected chi connectivity index (χ4v) is 0.771. The van der Waals surface area contributed by atoms with Gasteiger partial charge < -0.3 is 9.94 Å². The first-order chi connectivity index (χ1) is 6.06. The van der Waals surface area contributed by atoms with Gasteiger partial charge in [-0.05, 0) is 0 Å². The third-order valence-electron chi connectivity index (χ3n) is 1.36. The number of aromatic nitrogens is 1. The summed E-state index contributed by atoms with van der Waals surface area (Å²) in [4.78, 5) is 9.27. The van der Waals surface area contributed by atoms with Gasteiger partial charge in [-0.15, -0.1) is 4.73 Å². The molecule has 7 heteroatoms. The fraction of sp³-hybridized carbons (Fsp3) is 0.167. The average molecular weight is 188 g/mol. The summed E-state index contributed by atoms with van der Waals surface area (Å²) in [6.07, 6.45) is 0.441. The van der Waals surface area contributed by atoms with Crippen LogP contribution >= 0.6 is 0 Å². The maximum atomic E-state index is 12.7. The Morgan fingerprint density at radius 1 is 1.69 bits per heavy atom. The van der Waals surface area contributed by atoms with E-state index in [0.29, 0.717) is 6.20 Å². The number of hydrogen-bond donors (Lipinski definition) is 0. The molecular formula is C6H5FN2O4. The minimum atomic E-state index is -1.19. The second-order valence-electron chi connectivity index (χ2n) is 2.13. The van der Waals surface area contributed by atoms with Gasteiger partial charge in [0.25, 0.3) is 5.82 Å². The number of methoxy groups -OCH3 is 1. The summed E-state index contributed by atoms with van der Waals surface area (Å²) in [5.74, 6) is -1.52. The quantitative estimate of drug-likeness (QED) is 0.291. The highest BCUT2D eigenvalue weighted by atomic mass is 19.1. The van der Waals surface area contributed by atoms with Gasteiger partial charge in [-0.25, -0.2) is 0 Å². The zero-order valence-corrected chi connectivity index (χ0v) is 6.56. The van der Waals surface area contributed by atoms with Crippen LogP contribution in [-0.2, 0) is 0 Å². The van der Waals surface area contributed by atoms with E-state index in [1.54, 1.807) is 0 Å². The van der Waals surface area contributed by atoms with Crippen LogP contribution in [0.1, 0.15) is 0 Å². The number of pyridine rings is 1. The topological polar surface area (TPSA) is 79.3 Å². The highest BCUT2D eigenvalue weighted by molar-refractivity contribution is 5.31. The first kappa shape index (κ1) is 9.17. The van der Waals surface area contributed by atoms with Gasteiger partial charge >= 0.3 is 11.6 Å². The van der Waals surface area contributed by atoms with Crippen molar-refractivity contribution in [2.45, 2.75) is 0 Å². The molecule has 0 atom stereocenters. The van der Waals surface area contributed by atoms with Crippen molar-refractivity contribution in [1.29, 1.82) is 0 Å². The van der Waals surface area contributed by atoms with Crippen molar-refractivity contribution in [1.82, 2.24) is 0 Å². The Balaban J connectivity index is 3.30. The maximum Gasteiger partial charge on any atom is 0.386 e. The van der Waals surface area contributed by atoms with Crippen LogP contribution in [0.4, 0.5) is 10.1 Å². The standard InChI is InChI=1S/C6H5FN2O4/c1-13-6-2-5(9(11)12)4(7)3-8(6)10/h2-3H,1H3.